The Labute approximate surface area is 149 Å². The van der Waals surface area contributed by atoms with Crippen molar-refractivity contribution in [1.29, 1.82) is 0 Å². The van der Waals surface area contributed by atoms with Crippen LogP contribution in [0.25, 0.3) is 11.0 Å². The highest BCUT2D eigenvalue weighted by atomic mass is 35.5. The van der Waals surface area contributed by atoms with E-state index in [1.165, 1.54) is 17.5 Å². The highest BCUT2D eigenvalue weighted by Crippen LogP contribution is 2.38. The number of benzene rings is 2. The first-order valence-corrected chi connectivity index (χ1v) is 8.65. The van der Waals surface area contributed by atoms with Gasteiger partial charge in [0.05, 0.1) is 15.7 Å². The van der Waals surface area contributed by atoms with Crippen molar-refractivity contribution in [2.75, 3.05) is 5.73 Å². The summed E-state index contributed by atoms with van der Waals surface area (Å²) >= 11 is 12.2. The average Bonchev–Trinajstić information content (AvgIpc) is 2.94. The van der Waals surface area contributed by atoms with Gasteiger partial charge in [-0.05, 0) is 55.0 Å². The van der Waals surface area contributed by atoms with Crippen molar-refractivity contribution in [3.8, 4) is 0 Å². The molecule has 1 aromatic heterocycles. The number of aryl methyl sites for hydroxylation is 2. The first-order chi connectivity index (χ1) is 11.6. The molecule has 0 fully saturated rings. The van der Waals surface area contributed by atoms with Crippen molar-refractivity contribution in [2.45, 2.75) is 25.7 Å². The molecule has 2 N–H and O–H groups in total. The molecule has 4 rings (SSSR count). The van der Waals surface area contributed by atoms with E-state index < -0.39 is 0 Å². The van der Waals surface area contributed by atoms with E-state index in [0.29, 0.717) is 21.9 Å². The molecule has 0 amide bonds. The summed E-state index contributed by atoms with van der Waals surface area (Å²) in [7, 11) is 0. The zero-order valence-corrected chi connectivity index (χ0v) is 14.4. The van der Waals surface area contributed by atoms with Crippen LogP contribution in [0.3, 0.4) is 0 Å². The third-order valence-electron chi connectivity index (χ3n) is 4.62. The van der Waals surface area contributed by atoms with E-state index in [1.54, 1.807) is 18.2 Å². The molecule has 0 saturated carbocycles. The largest absolute Gasteiger partial charge is 0.450 e. The molecule has 5 heteroatoms. The number of fused-ring (bicyclic) bond motifs is 3. The molecule has 0 atom stereocenters. The molecule has 3 nitrogen and oxygen atoms in total. The van der Waals surface area contributed by atoms with Crippen LogP contribution in [0.1, 0.15) is 40.1 Å². The zero-order chi connectivity index (χ0) is 16.8. The quantitative estimate of drug-likeness (QED) is 0.620. The smallest absolute Gasteiger partial charge is 0.231 e. The fraction of sp³-hybridized carbons (Fsp3) is 0.211. The summed E-state index contributed by atoms with van der Waals surface area (Å²) < 4.78 is 5.80. The third kappa shape index (κ3) is 2.31. The summed E-state index contributed by atoms with van der Waals surface area (Å²) in [6.07, 6.45) is 4.31. The number of furan rings is 1. The number of anilines is 1. The number of nitrogens with two attached hydrogens (primary N) is 1. The van der Waals surface area contributed by atoms with Crippen molar-refractivity contribution in [3.05, 3.63) is 62.8 Å². The van der Waals surface area contributed by atoms with Crippen LogP contribution in [0.2, 0.25) is 10.0 Å². The fourth-order valence-electron chi connectivity index (χ4n) is 3.44. The molecule has 3 aromatic rings. The lowest BCUT2D eigenvalue weighted by Gasteiger charge is -2.16. The van der Waals surface area contributed by atoms with Gasteiger partial charge in [0.1, 0.15) is 5.58 Å². The van der Waals surface area contributed by atoms with E-state index >= 15 is 0 Å². The van der Waals surface area contributed by atoms with Crippen LogP contribution >= 0.6 is 23.2 Å². The maximum Gasteiger partial charge on any atom is 0.231 e. The minimum atomic E-state index is -0.347. The molecular formula is C19H15Cl2NO2. The van der Waals surface area contributed by atoms with E-state index in [9.17, 15) is 4.79 Å². The summed E-state index contributed by atoms with van der Waals surface area (Å²) in [5, 5.41) is 1.41. The van der Waals surface area contributed by atoms with Crippen molar-refractivity contribution in [2.24, 2.45) is 0 Å². The lowest BCUT2D eigenvalue weighted by molar-refractivity contribution is 0.101. The first-order valence-electron chi connectivity index (χ1n) is 7.89. The lowest BCUT2D eigenvalue weighted by atomic mass is 9.89. The van der Waals surface area contributed by atoms with Crippen molar-refractivity contribution < 1.29 is 9.21 Å². The van der Waals surface area contributed by atoms with Crippen LogP contribution in [0, 0.1) is 0 Å². The Balaban J connectivity index is 1.90. The van der Waals surface area contributed by atoms with Crippen LogP contribution in [0.4, 0.5) is 5.69 Å². The van der Waals surface area contributed by atoms with E-state index in [-0.39, 0.29) is 16.6 Å². The fourth-order valence-corrected chi connectivity index (χ4v) is 3.82. The number of ketones is 1. The van der Waals surface area contributed by atoms with Gasteiger partial charge in [-0.2, -0.15) is 0 Å². The predicted molar refractivity (Wildman–Crippen MR) is 97.2 cm³/mol. The molecule has 24 heavy (non-hydrogen) atoms. The van der Waals surface area contributed by atoms with Crippen LogP contribution in [0.5, 0.6) is 0 Å². The summed E-state index contributed by atoms with van der Waals surface area (Å²) in [6, 6.07) is 8.91. The summed E-state index contributed by atoms with van der Waals surface area (Å²) in [5.74, 6) is -0.214. The number of carbonyl (C=O) groups excluding carboxylic acids is 1. The number of nitrogen functional groups attached to an aromatic ring is 1. The van der Waals surface area contributed by atoms with Gasteiger partial charge in [0, 0.05) is 10.9 Å². The number of rotatable bonds is 2. The molecule has 2 aromatic carbocycles. The summed E-state index contributed by atoms with van der Waals surface area (Å²) in [4.78, 5) is 12.9. The first kappa shape index (κ1) is 15.6. The van der Waals surface area contributed by atoms with E-state index in [0.717, 1.165) is 24.6 Å². The lowest BCUT2D eigenvalue weighted by Crippen LogP contribution is -2.05. The van der Waals surface area contributed by atoms with Gasteiger partial charge >= 0.3 is 0 Å². The van der Waals surface area contributed by atoms with Gasteiger partial charge in [-0.3, -0.25) is 4.79 Å². The molecule has 1 heterocycles. The van der Waals surface area contributed by atoms with Gasteiger partial charge < -0.3 is 10.2 Å². The predicted octanol–water partition coefficient (Wildman–Crippen LogP) is 5.43. The second-order valence-corrected chi connectivity index (χ2v) is 6.84. The van der Waals surface area contributed by atoms with Gasteiger partial charge in [-0.25, -0.2) is 0 Å². The van der Waals surface area contributed by atoms with Gasteiger partial charge in [0.15, 0.2) is 5.76 Å². The van der Waals surface area contributed by atoms with Crippen molar-refractivity contribution in [3.63, 3.8) is 0 Å². The molecule has 1 aliphatic rings. The van der Waals surface area contributed by atoms with Crippen molar-refractivity contribution in [1.82, 2.24) is 0 Å². The summed E-state index contributed by atoms with van der Waals surface area (Å²) in [6.45, 7) is 0. The number of halogens is 2. The van der Waals surface area contributed by atoms with Gasteiger partial charge in [-0.1, -0.05) is 35.3 Å². The van der Waals surface area contributed by atoms with Crippen LogP contribution in [-0.2, 0) is 12.8 Å². The SMILES string of the molecule is Nc1c(C(=O)c2cccc(Cl)c2Cl)oc2ccc3c(c12)CCCC3. The normalized spacial score (nSPS) is 13.9. The number of hydrogen-bond acceptors (Lipinski definition) is 3. The van der Waals surface area contributed by atoms with Crippen LogP contribution < -0.4 is 5.73 Å². The Hall–Kier alpha value is -1.97. The Bertz CT molecular complexity index is 975. The zero-order valence-electron chi connectivity index (χ0n) is 12.9. The van der Waals surface area contributed by atoms with Crippen LogP contribution in [-0.4, -0.2) is 5.78 Å². The molecule has 122 valence electrons. The number of hydrogen-bond donors (Lipinski definition) is 1. The maximum atomic E-state index is 12.9. The van der Waals surface area contributed by atoms with E-state index in [4.69, 9.17) is 33.4 Å². The third-order valence-corrected chi connectivity index (χ3v) is 5.44. The Kier molecular flexibility index (Phi) is 3.78. The standard InChI is InChI=1S/C19H15Cl2NO2/c20-13-7-3-6-12(16(13)21)18(23)19-17(22)15-11-5-2-1-4-10(11)8-9-14(15)24-19/h3,6-9H,1-2,4-5,22H2. The molecule has 0 radical (unpaired) electrons. The summed E-state index contributed by atoms with van der Waals surface area (Å²) in [5.41, 5.74) is 10.1. The van der Waals surface area contributed by atoms with E-state index in [1.807, 2.05) is 6.07 Å². The average molecular weight is 360 g/mol. The number of carbonyl (C=O) groups is 1. The second kappa shape index (κ2) is 5.83. The molecule has 0 bridgehead atoms. The molecule has 0 spiro atoms. The Morgan fingerprint density at radius 2 is 1.88 bits per heavy atom. The molecule has 0 saturated heterocycles. The Morgan fingerprint density at radius 3 is 2.71 bits per heavy atom. The molecular weight excluding hydrogens is 345 g/mol. The van der Waals surface area contributed by atoms with Gasteiger partial charge in [-0.15, -0.1) is 0 Å². The molecule has 1 aliphatic carbocycles. The van der Waals surface area contributed by atoms with E-state index in [2.05, 4.69) is 6.07 Å². The highest BCUT2D eigenvalue weighted by Gasteiger charge is 2.25. The highest BCUT2D eigenvalue weighted by molar-refractivity contribution is 6.44. The monoisotopic (exact) mass is 359 g/mol. The Morgan fingerprint density at radius 1 is 1.08 bits per heavy atom. The molecule has 0 aliphatic heterocycles. The second-order valence-electron chi connectivity index (χ2n) is 6.06. The van der Waals surface area contributed by atoms with Crippen LogP contribution in [0.15, 0.2) is 34.7 Å². The maximum absolute atomic E-state index is 12.9. The van der Waals surface area contributed by atoms with Gasteiger partial charge in [0.2, 0.25) is 5.78 Å². The van der Waals surface area contributed by atoms with Crippen molar-refractivity contribution >= 4 is 45.6 Å². The van der Waals surface area contributed by atoms with Gasteiger partial charge in [0.25, 0.3) is 0 Å². The minimum Gasteiger partial charge on any atom is -0.450 e. The minimum absolute atomic E-state index is 0.133. The molecule has 0 unspecified atom stereocenters. The topological polar surface area (TPSA) is 56.2 Å².